The van der Waals surface area contributed by atoms with E-state index in [-0.39, 0.29) is 18.0 Å². The highest BCUT2D eigenvalue weighted by atomic mass is 16.2. The number of rotatable bonds is 3. The Balaban J connectivity index is 1.57. The average Bonchev–Trinajstić information content (AvgIpc) is 2.95. The molecule has 3 rings (SSSR count). The molecule has 3 heterocycles. The van der Waals surface area contributed by atoms with E-state index in [0.717, 1.165) is 18.5 Å². The molecular weight excluding hydrogens is 296 g/mol. The first-order valence-corrected chi connectivity index (χ1v) is 7.72. The van der Waals surface area contributed by atoms with Gasteiger partial charge in [0.25, 0.3) is 0 Å². The van der Waals surface area contributed by atoms with Crippen LogP contribution in [0.4, 0.5) is 4.79 Å². The molecule has 8 heteroatoms. The summed E-state index contributed by atoms with van der Waals surface area (Å²) in [7, 11) is 0. The van der Waals surface area contributed by atoms with Crippen molar-refractivity contribution in [3.63, 3.8) is 0 Å². The number of amides is 3. The second-order valence-corrected chi connectivity index (χ2v) is 5.69. The first-order chi connectivity index (χ1) is 11.1. The number of fused-ring (bicyclic) bond motifs is 1. The van der Waals surface area contributed by atoms with Gasteiger partial charge < -0.3 is 15.5 Å². The van der Waals surface area contributed by atoms with E-state index in [1.54, 1.807) is 4.90 Å². The number of hydrogen-bond acceptors (Lipinski definition) is 4. The van der Waals surface area contributed by atoms with Crippen molar-refractivity contribution in [1.82, 2.24) is 30.1 Å². The molecule has 8 nitrogen and oxygen atoms in total. The average molecular weight is 316 g/mol. The van der Waals surface area contributed by atoms with Crippen LogP contribution in [0.3, 0.4) is 0 Å². The molecule has 1 aliphatic rings. The molecule has 0 aromatic carbocycles. The van der Waals surface area contributed by atoms with Crippen molar-refractivity contribution in [1.29, 1.82) is 0 Å². The van der Waals surface area contributed by atoms with Crippen LogP contribution >= 0.6 is 0 Å². The van der Waals surface area contributed by atoms with Crippen molar-refractivity contribution in [2.45, 2.75) is 32.4 Å². The Hall–Kier alpha value is -2.64. The molecule has 2 aromatic heterocycles. The lowest BCUT2D eigenvalue weighted by Gasteiger charge is -2.32. The minimum atomic E-state index is -0.146. The van der Waals surface area contributed by atoms with Crippen LogP contribution < -0.4 is 10.6 Å². The van der Waals surface area contributed by atoms with Gasteiger partial charge in [0.05, 0.1) is 6.54 Å². The highest BCUT2D eigenvalue weighted by molar-refractivity contribution is 5.75. The molecule has 0 spiro atoms. The molecule has 23 heavy (non-hydrogen) atoms. The smallest absolute Gasteiger partial charge is 0.317 e. The highest BCUT2D eigenvalue weighted by Crippen LogP contribution is 2.10. The third-order valence-electron chi connectivity index (χ3n) is 3.90. The third kappa shape index (κ3) is 3.58. The maximum Gasteiger partial charge on any atom is 0.317 e. The normalized spacial score (nSPS) is 18.0. The highest BCUT2D eigenvalue weighted by Gasteiger charge is 2.24. The Morgan fingerprint density at radius 2 is 2.22 bits per heavy atom. The van der Waals surface area contributed by atoms with Crippen molar-refractivity contribution in [3.8, 4) is 0 Å². The maximum atomic E-state index is 12.3. The Bertz CT molecular complexity index is 713. The van der Waals surface area contributed by atoms with Gasteiger partial charge in [-0.15, -0.1) is 10.2 Å². The number of hydrogen-bond donors (Lipinski definition) is 2. The standard InChI is InChI=1S/C15H20N6O2/c1-11(22)17-12-5-4-7-20(10-12)15(23)16-9-14-19-18-13-6-2-3-8-21(13)14/h2-3,6,8,12H,4-5,7,9-10H2,1H3,(H,16,23)(H,17,22). The number of carbonyl (C=O) groups is 2. The molecule has 1 atom stereocenters. The topological polar surface area (TPSA) is 91.6 Å². The van der Waals surface area contributed by atoms with Crippen molar-refractivity contribution in [2.75, 3.05) is 13.1 Å². The van der Waals surface area contributed by atoms with E-state index in [0.29, 0.717) is 25.5 Å². The van der Waals surface area contributed by atoms with Gasteiger partial charge in [-0.1, -0.05) is 6.07 Å². The zero-order valence-corrected chi connectivity index (χ0v) is 13.0. The number of urea groups is 1. The fourth-order valence-electron chi connectivity index (χ4n) is 2.84. The zero-order chi connectivity index (χ0) is 16.2. The second-order valence-electron chi connectivity index (χ2n) is 5.69. The fourth-order valence-corrected chi connectivity index (χ4v) is 2.84. The summed E-state index contributed by atoms with van der Waals surface area (Å²) in [4.78, 5) is 25.2. The van der Waals surface area contributed by atoms with Crippen molar-refractivity contribution in [3.05, 3.63) is 30.2 Å². The monoisotopic (exact) mass is 316 g/mol. The number of aromatic nitrogens is 3. The summed E-state index contributed by atoms with van der Waals surface area (Å²) < 4.78 is 1.84. The first-order valence-electron chi connectivity index (χ1n) is 7.72. The van der Waals surface area contributed by atoms with E-state index in [4.69, 9.17) is 0 Å². The van der Waals surface area contributed by atoms with Crippen LogP contribution in [0, 0.1) is 0 Å². The van der Waals surface area contributed by atoms with Crippen molar-refractivity contribution >= 4 is 17.6 Å². The molecule has 0 aliphatic carbocycles. The van der Waals surface area contributed by atoms with Crippen molar-refractivity contribution in [2.24, 2.45) is 0 Å². The SMILES string of the molecule is CC(=O)NC1CCCN(C(=O)NCc2nnc3ccccn23)C1. The van der Waals surface area contributed by atoms with Gasteiger partial charge in [-0.05, 0) is 25.0 Å². The predicted octanol–water partition coefficient (Wildman–Crippen LogP) is 0.539. The van der Waals surface area contributed by atoms with E-state index < -0.39 is 0 Å². The van der Waals surface area contributed by atoms with E-state index in [2.05, 4.69) is 20.8 Å². The van der Waals surface area contributed by atoms with Crippen LogP contribution in [-0.2, 0) is 11.3 Å². The number of nitrogens with one attached hydrogen (secondary N) is 2. The fraction of sp³-hybridized carbons (Fsp3) is 0.467. The molecular formula is C15H20N6O2. The van der Waals surface area contributed by atoms with Crippen LogP contribution in [0.5, 0.6) is 0 Å². The molecule has 2 N–H and O–H groups in total. The molecule has 3 amide bonds. The van der Waals surface area contributed by atoms with Gasteiger partial charge in [0, 0.05) is 32.3 Å². The number of pyridine rings is 1. The Kier molecular flexibility index (Phi) is 4.40. The molecule has 1 saturated heterocycles. The number of carbonyl (C=O) groups excluding carboxylic acids is 2. The van der Waals surface area contributed by atoms with Gasteiger partial charge in [-0.3, -0.25) is 9.20 Å². The van der Waals surface area contributed by atoms with Crippen LogP contribution in [0.25, 0.3) is 5.65 Å². The summed E-state index contributed by atoms with van der Waals surface area (Å²) in [6, 6.07) is 5.53. The van der Waals surface area contributed by atoms with Crippen LogP contribution in [0.1, 0.15) is 25.6 Å². The van der Waals surface area contributed by atoms with E-state index in [9.17, 15) is 9.59 Å². The summed E-state index contributed by atoms with van der Waals surface area (Å²) >= 11 is 0. The molecule has 0 radical (unpaired) electrons. The summed E-state index contributed by atoms with van der Waals surface area (Å²) in [6.07, 6.45) is 3.65. The van der Waals surface area contributed by atoms with E-state index in [1.807, 2.05) is 28.8 Å². The van der Waals surface area contributed by atoms with Gasteiger partial charge in [-0.25, -0.2) is 4.79 Å². The second kappa shape index (κ2) is 6.64. The largest absolute Gasteiger partial charge is 0.352 e. The Morgan fingerprint density at radius 1 is 1.35 bits per heavy atom. The minimum Gasteiger partial charge on any atom is -0.352 e. The first kappa shape index (κ1) is 15.3. The van der Waals surface area contributed by atoms with Gasteiger partial charge in [0.1, 0.15) is 0 Å². The lowest BCUT2D eigenvalue weighted by molar-refractivity contribution is -0.119. The quantitative estimate of drug-likeness (QED) is 0.864. The van der Waals surface area contributed by atoms with Gasteiger partial charge in [0.2, 0.25) is 5.91 Å². The summed E-state index contributed by atoms with van der Waals surface area (Å²) in [6.45, 7) is 3.04. The predicted molar refractivity (Wildman–Crippen MR) is 83.6 cm³/mol. The van der Waals surface area contributed by atoms with Gasteiger partial charge in [-0.2, -0.15) is 0 Å². The number of likely N-dealkylation sites (tertiary alicyclic amines) is 1. The lowest BCUT2D eigenvalue weighted by Crippen LogP contribution is -2.51. The molecule has 1 fully saturated rings. The number of piperidine rings is 1. The minimum absolute atomic E-state index is 0.0286. The maximum absolute atomic E-state index is 12.3. The van der Waals surface area contributed by atoms with Crippen LogP contribution in [0.15, 0.2) is 24.4 Å². The summed E-state index contributed by atoms with van der Waals surface area (Å²) in [5.74, 6) is 0.622. The summed E-state index contributed by atoms with van der Waals surface area (Å²) in [5.41, 5.74) is 0.750. The van der Waals surface area contributed by atoms with E-state index >= 15 is 0 Å². The van der Waals surface area contributed by atoms with Crippen LogP contribution in [0.2, 0.25) is 0 Å². The lowest BCUT2D eigenvalue weighted by atomic mass is 10.1. The Morgan fingerprint density at radius 3 is 3.04 bits per heavy atom. The molecule has 1 aliphatic heterocycles. The third-order valence-corrected chi connectivity index (χ3v) is 3.90. The van der Waals surface area contributed by atoms with Crippen molar-refractivity contribution < 1.29 is 9.59 Å². The molecule has 2 aromatic rings. The Labute approximate surface area is 133 Å². The molecule has 0 bridgehead atoms. The van der Waals surface area contributed by atoms with E-state index in [1.165, 1.54) is 6.92 Å². The molecule has 1 unspecified atom stereocenters. The van der Waals surface area contributed by atoms with Gasteiger partial charge >= 0.3 is 6.03 Å². The summed E-state index contributed by atoms with van der Waals surface area (Å²) in [5, 5.41) is 13.9. The molecule has 122 valence electrons. The van der Waals surface area contributed by atoms with Gasteiger partial charge in [0.15, 0.2) is 11.5 Å². The number of nitrogens with zero attached hydrogens (tertiary/aromatic N) is 4. The zero-order valence-electron chi connectivity index (χ0n) is 13.0. The van der Waals surface area contributed by atoms with Crippen LogP contribution in [-0.4, -0.2) is 50.6 Å². The molecule has 0 saturated carbocycles.